The first-order valence-electron chi connectivity index (χ1n) is 7.81. The average Bonchev–Trinajstić information content (AvgIpc) is 2.87. The highest BCUT2D eigenvalue weighted by Gasteiger charge is 2.63. The normalized spacial score (nSPS) is 21.5. The van der Waals surface area contributed by atoms with Crippen LogP contribution in [0.4, 0.5) is 13.2 Å². The summed E-state index contributed by atoms with van der Waals surface area (Å²) in [5, 5.41) is 14.3. The number of ether oxygens (including phenoxy) is 1. The molecule has 1 aromatic carbocycles. The Labute approximate surface area is 158 Å². The number of nitrogens with zero attached hydrogens (tertiary/aromatic N) is 2. The SMILES string of the molecule is CCCC1=NN(C(=O)[C@H](C)Oc2ccc(Cl)cc2Cl)[C@@](O)(C(F)(F)F)C1. The molecule has 1 aliphatic rings. The molecule has 0 aromatic heterocycles. The zero-order chi connectivity index (χ0) is 19.7. The molecule has 0 radical (unpaired) electrons. The lowest BCUT2D eigenvalue weighted by molar-refractivity contribution is -0.303. The number of carbonyl (C=O) groups is 1. The summed E-state index contributed by atoms with van der Waals surface area (Å²) >= 11 is 11.7. The van der Waals surface area contributed by atoms with Gasteiger partial charge in [-0.2, -0.15) is 23.3 Å². The van der Waals surface area contributed by atoms with E-state index in [1.165, 1.54) is 25.1 Å². The summed E-state index contributed by atoms with van der Waals surface area (Å²) in [6, 6.07) is 4.22. The molecule has 26 heavy (non-hydrogen) atoms. The third kappa shape index (κ3) is 4.07. The van der Waals surface area contributed by atoms with E-state index in [4.69, 9.17) is 27.9 Å². The lowest BCUT2D eigenvalue weighted by Crippen LogP contribution is -2.58. The zero-order valence-electron chi connectivity index (χ0n) is 14.0. The van der Waals surface area contributed by atoms with Crippen LogP contribution in [0.25, 0.3) is 0 Å². The lowest BCUT2D eigenvalue weighted by Gasteiger charge is -2.33. The van der Waals surface area contributed by atoms with E-state index in [1.807, 2.05) is 0 Å². The highest BCUT2D eigenvalue weighted by molar-refractivity contribution is 6.35. The zero-order valence-corrected chi connectivity index (χ0v) is 15.5. The molecule has 1 N–H and O–H groups in total. The number of alkyl halides is 3. The molecule has 0 fully saturated rings. The predicted molar refractivity (Wildman–Crippen MR) is 91.4 cm³/mol. The molecule has 1 heterocycles. The summed E-state index contributed by atoms with van der Waals surface area (Å²) in [4.78, 5) is 12.5. The van der Waals surface area contributed by atoms with Crippen LogP contribution < -0.4 is 4.74 Å². The van der Waals surface area contributed by atoms with Crippen LogP contribution in [0.1, 0.15) is 33.1 Å². The molecule has 1 amide bonds. The molecule has 0 saturated carbocycles. The second-order valence-electron chi connectivity index (χ2n) is 5.89. The number of hydrogen-bond acceptors (Lipinski definition) is 4. The first kappa shape index (κ1) is 20.8. The van der Waals surface area contributed by atoms with Crippen molar-refractivity contribution in [1.29, 1.82) is 0 Å². The van der Waals surface area contributed by atoms with Gasteiger partial charge in [0.25, 0.3) is 11.6 Å². The Morgan fingerprint density at radius 2 is 2.12 bits per heavy atom. The topological polar surface area (TPSA) is 62.1 Å². The molecule has 10 heteroatoms. The van der Waals surface area contributed by atoms with Gasteiger partial charge in [-0.05, 0) is 31.5 Å². The van der Waals surface area contributed by atoms with Crippen molar-refractivity contribution < 1.29 is 27.8 Å². The Morgan fingerprint density at radius 1 is 1.46 bits per heavy atom. The lowest BCUT2D eigenvalue weighted by atomic mass is 10.0. The highest BCUT2D eigenvalue weighted by Crippen LogP contribution is 2.41. The van der Waals surface area contributed by atoms with Crippen molar-refractivity contribution in [3.63, 3.8) is 0 Å². The standard InChI is InChI=1S/C16H17Cl2F3N2O3/c1-3-4-11-8-15(25,16(19,20)21)23(22-11)14(24)9(2)26-13-6-5-10(17)7-12(13)18/h5-7,9,25H,3-4,8H2,1-2H3/t9-,15-/m0/s1. The number of hydrazone groups is 1. The summed E-state index contributed by atoms with van der Waals surface area (Å²) in [6.45, 7) is 3.01. The summed E-state index contributed by atoms with van der Waals surface area (Å²) in [5.74, 6) is -1.06. The van der Waals surface area contributed by atoms with E-state index in [1.54, 1.807) is 6.92 Å². The van der Waals surface area contributed by atoms with Crippen LogP contribution in [0.2, 0.25) is 10.0 Å². The fraction of sp³-hybridized carbons (Fsp3) is 0.500. The summed E-state index contributed by atoms with van der Waals surface area (Å²) in [5.41, 5.74) is -3.30. The van der Waals surface area contributed by atoms with Crippen molar-refractivity contribution in [3.8, 4) is 5.75 Å². The minimum atomic E-state index is -5.07. The third-order valence-corrected chi connectivity index (χ3v) is 4.32. The number of aliphatic hydroxyl groups is 1. The summed E-state index contributed by atoms with van der Waals surface area (Å²) < 4.78 is 45.5. The number of hydrogen-bond donors (Lipinski definition) is 1. The Morgan fingerprint density at radius 3 is 2.65 bits per heavy atom. The van der Waals surface area contributed by atoms with Gasteiger partial charge in [0, 0.05) is 17.2 Å². The van der Waals surface area contributed by atoms with Crippen molar-refractivity contribution in [1.82, 2.24) is 5.01 Å². The smallest absolute Gasteiger partial charge is 0.438 e. The quantitative estimate of drug-likeness (QED) is 0.779. The van der Waals surface area contributed by atoms with Crippen LogP contribution in [0.15, 0.2) is 23.3 Å². The molecule has 1 aliphatic heterocycles. The van der Waals surface area contributed by atoms with E-state index < -0.39 is 30.3 Å². The molecular weight excluding hydrogens is 396 g/mol. The first-order chi connectivity index (χ1) is 12.0. The van der Waals surface area contributed by atoms with Gasteiger partial charge < -0.3 is 9.84 Å². The molecule has 144 valence electrons. The van der Waals surface area contributed by atoms with Gasteiger partial charge in [0.05, 0.1) is 5.02 Å². The largest absolute Gasteiger partial charge is 0.479 e. The molecule has 0 bridgehead atoms. The maximum atomic E-state index is 13.4. The molecule has 0 saturated heterocycles. The van der Waals surface area contributed by atoms with Gasteiger partial charge in [0.1, 0.15) is 5.75 Å². The van der Waals surface area contributed by atoms with Crippen LogP contribution >= 0.6 is 23.2 Å². The fourth-order valence-electron chi connectivity index (χ4n) is 2.48. The van der Waals surface area contributed by atoms with Gasteiger partial charge in [-0.3, -0.25) is 4.79 Å². The number of carbonyl (C=O) groups excluding carboxylic acids is 1. The number of benzene rings is 1. The maximum Gasteiger partial charge on any atom is 0.438 e. The Balaban J connectivity index is 2.26. The number of halogens is 5. The molecule has 5 nitrogen and oxygen atoms in total. The van der Waals surface area contributed by atoms with Crippen molar-refractivity contribution >= 4 is 34.8 Å². The second kappa shape index (κ2) is 7.62. The molecule has 2 atom stereocenters. The summed E-state index contributed by atoms with van der Waals surface area (Å²) in [6.07, 6.45) is -6.46. The van der Waals surface area contributed by atoms with Crippen LogP contribution in [0.5, 0.6) is 5.75 Å². The molecule has 0 aliphatic carbocycles. The molecule has 0 unspecified atom stereocenters. The molecule has 2 rings (SSSR count). The van der Waals surface area contributed by atoms with Crippen LogP contribution in [0.3, 0.4) is 0 Å². The molecule has 1 aromatic rings. The van der Waals surface area contributed by atoms with Crippen molar-refractivity contribution in [2.24, 2.45) is 5.10 Å². The van der Waals surface area contributed by atoms with E-state index in [0.717, 1.165) is 0 Å². The summed E-state index contributed by atoms with van der Waals surface area (Å²) in [7, 11) is 0. The molecular formula is C16H17Cl2F3N2O3. The Hall–Kier alpha value is -1.51. The van der Waals surface area contributed by atoms with Gasteiger partial charge in [-0.15, -0.1) is 0 Å². The minimum absolute atomic E-state index is 0.0620. The highest BCUT2D eigenvalue weighted by atomic mass is 35.5. The van der Waals surface area contributed by atoms with Crippen LogP contribution in [-0.4, -0.2) is 39.7 Å². The number of amides is 1. The Bertz CT molecular complexity index is 727. The van der Waals surface area contributed by atoms with E-state index in [0.29, 0.717) is 11.4 Å². The molecule has 0 spiro atoms. The van der Waals surface area contributed by atoms with Gasteiger partial charge in [0.2, 0.25) is 0 Å². The van der Waals surface area contributed by atoms with E-state index in [9.17, 15) is 23.1 Å². The van der Waals surface area contributed by atoms with Gasteiger partial charge in [0.15, 0.2) is 6.10 Å². The minimum Gasteiger partial charge on any atom is -0.479 e. The third-order valence-electron chi connectivity index (χ3n) is 3.79. The van der Waals surface area contributed by atoms with Crippen molar-refractivity contribution in [3.05, 3.63) is 28.2 Å². The fourth-order valence-corrected chi connectivity index (χ4v) is 2.93. The second-order valence-corrected chi connectivity index (χ2v) is 6.74. The maximum absolute atomic E-state index is 13.4. The van der Waals surface area contributed by atoms with E-state index >= 15 is 0 Å². The van der Waals surface area contributed by atoms with E-state index in [-0.39, 0.29) is 27.9 Å². The Kier molecular flexibility index (Phi) is 6.09. The number of rotatable bonds is 5. The predicted octanol–water partition coefficient (Wildman–Crippen LogP) is 4.40. The van der Waals surface area contributed by atoms with Crippen molar-refractivity contribution in [2.75, 3.05) is 0 Å². The van der Waals surface area contributed by atoms with Crippen LogP contribution in [-0.2, 0) is 4.79 Å². The van der Waals surface area contributed by atoms with Crippen LogP contribution in [0, 0.1) is 0 Å². The first-order valence-corrected chi connectivity index (χ1v) is 8.56. The van der Waals surface area contributed by atoms with E-state index in [2.05, 4.69) is 5.10 Å². The van der Waals surface area contributed by atoms with Gasteiger partial charge in [-0.1, -0.05) is 36.5 Å². The van der Waals surface area contributed by atoms with Gasteiger partial charge >= 0.3 is 6.18 Å². The average molecular weight is 413 g/mol. The van der Waals surface area contributed by atoms with Gasteiger partial charge in [-0.25, -0.2) is 0 Å². The monoisotopic (exact) mass is 412 g/mol. The van der Waals surface area contributed by atoms with Crippen molar-refractivity contribution in [2.45, 2.75) is 51.1 Å².